The molecule has 0 aliphatic heterocycles. The van der Waals surface area contributed by atoms with Crippen LogP contribution in [-0.2, 0) is 4.74 Å². The van der Waals surface area contributed by atoms with Crippen molar-refractivity contribution in [2.45, 2.75) is 25.0 Å². The molecule has 1 saturated carbocycles. The maximum atomic E-state index is 5.67. The lowest BCUT2D eigenvalue weighted by Gasteiger charge is -2.26. The molecule has 2 unspecified atom stereocenters. The first-order chi connectivity index (χ1) is 8.30. The quantitative estimate of drug-likeness (QED) is 0.582. The second-order valence-corrected chi connectivity index (χ2v) is 4.46. The Balaban J connectivity index is 2.20. The summed E-state index contributed by atoms with van der Waals surface area (Å²) in [5.74, 6) is 7.13. The van der Waals surface area contributed by atoms with E-state index in [2.05, 4.69) is 5.43 Å². The zero-order valence-electron chi connectivity index (χ0n) is 10.3. The number of ether oxygens (including phenoxy) is 2. The van der Waals surface area contributed by atoms with Gasteiger partial charge in [0.2, 0.25) is 0 Å². The van der Waals surface area contributed by atoms with E-state index >= 15 is 0 Å². The maximum Gasteiger partial charge on any atom is 0.119 e. The minimum atomic E-state index is 0.0163. The molecule has 0 aromatic heterocycles. The van der Waals surface area contributed by atoms with Crippen molar-refractivity contribution in [3.63, 3.8) is 0 Å². The van der Waals surface area contributed by atoms with E-state index in [1.807, 2.05) is 24.3 Å². The molecule has 0 spiro atoms. The van der Waals surface area contributed by atoms with E-state index < -0.39 is 0 Å². The highest BCUT2D eigenvalue weighted by Crippen LogP contribution is 2.39. The monoisotopic (exact) mass is 236 g/mol. The van der Waals surface area contributed by atoms with Crippen LogP contribution in [0.3, 0.4) is 0 Å². The molecule has 17 heavy (non-hydrogen) atoms. The summed E-state index contributed by atoms with van der Waals surface area (Å²) < 4.78 is 10.8. The topological polar surface area (TPSA) is 56.5 Å². The van der Waals surface area contributed by atoms with Gasteiger partial charge >= 0.3 is 0 Å². The van der Waals surface area contributed by atoms with Crippen LogP contribution < -0.4 is 16.0 Å². The SMILES string of the molecule is COc1cccc(C(NN)C(OC)C2CC2)c1. The average molecular weight is 236 g/mol. The summed E-state index contributed by atoms with van der Waals surface area (Å²) in [6.07, 6.45) is 2.58. The van der Waals surface area contributed by atoms with Crippen molar-refractivity contribution in [2.24, 2.45) is 11.8 Å². The van der Waals surface area contributed by atoms with Gasteiger partial charge in [0, 0.05) is 7.11 Å². The number of benzene rings is 1. The van der Waals surface area contributed by atoms with Gasteiger partial charge in [0.25, 0.3) is 0 Å². The minimum absolute atomic E-state index is 0.0163. The van der Waals surface area contributed by atoms with E-state index in [-0.39, 0.29) is 12.1 Å². The fraction of sp³-hybridized carbons (Fsp3) is 0.538. The Bertz CT molecular complexity index is 366. The van der Waals surface area contributed by atoms with Crippen LogP contribution in [0.1, 0.15) is 24.4 Å². The Morgan fingerprint density at radius 2 is 2.12 bits per heavy atom. The second-order valence-electron chi connectivity index (χ2n) is 4.46. The number of nitrogens with one attached hydrogen (secondary N) is 1. The van der Waals surface area contributed by atoms with E-state index in [4.69, 9.17) is 15.3 Å². The first-order valence-corrected chi connectivity index (χ1v) is 5.93. The van der Waals surface area contributed by atoms with Crippen LogP contribution in [0.15, 0.2) is 24.3 Å². The first-order valence-electron chi connectivity index (χ1n) is 5.93. The molecule has 2 atom stereocenters. The Hall–Kier alpha value is -1.10. The maximum absolute atomic E-state index is 5.67. The molecule has 4 heteroatoms. The number of hydrazine groups is 1. The molecule has 1 aromatic rings. The lowest BCUT2D eigenvalue weighted by molar-refractivity contribution is 0.0506. The first kappa shape index (κ1) is 12.4. The van der Waals surface area contributed by atoms with Crippen molar-refractivity contribution in [3.05, 3.63) is 29.8 Å². The fourth-order valence-corrected chi connectivity index (χ4v) is 2.24. The highest BCUT2D eigenvalue weighted by molar-refractivity contribution is 5.31. The van der Waals surface area contributed by atoms with Crippen molar-refractivity contribution in [1.82, 2.24) is 5.43 Å². The van der Waals surface area contributed by atoms with Crippen molar-refractivity contribution in [1.29, 1.82) is 0 Å². The predicted octanol–water partition coefficient (Wildman–Crippen LogP) is 1.62. The van der Waals surface area contributed by atoms with Crippen LogP contribution in [0, 0.1) is 5.92 Å². The molecule has 1 aliphatic carbocycles. The zero-order chi connectivity index (χ0) is 12.3. The van der Waals surface area contributed by atoms with Gasteiger partial charge in [-0.2, -0.15) is 0 Å². The van der Waals surface area contributed by atoms with Crippen LogP contribution in [0.2, 0.25) is 0 Å². The molecule has 0 radical (unpaired) electrons. The Morgan fingerprint density at radius 1 is 1.35 bits per heavy atom. The van der Waals surface area contributed by atoms with E-state index in [0.717, 1.165) is 11.3 Å². The van der Waals surface area contributed by atoms with Gasteiger partial charge in [-0.15, -0.1) is 0 Å². The summed E-state index contributed by atoms with van der Waals surface area (Å²) in [5, 5.41) is 0. The fourth-order valence-electron chi connectivity index (χ4n) is 2.24. The van der Waals surface area contributed by atoms with Gasteiger partial charge in [-0.3, -0.25) is 11.3 Å². The third-order valence-electron chi connectivity index (χ3n) is 3.32. The molecule has 94 valence electrons. The summed E-state index contributed by atoms with van der Waals surface area (Å²) in [6.45, 7) is 0. The van der Waals surface area contributed by atoms with Gasteiger partial charge in [0.1, 0.15) is 5.75 Å². The Morgan fingerprint density at radius 3 is 2.65 bits per heavy atom. The highest BCUT2D eigenvalue weighted by atomic mass is 16.5. The van der Waals surface area contributed by atoms with E-state index in [1.54, 1.807) is 14.2 Å². The van der Waals surface area contributed by atoms with Crippen LogP contribution >= 0.6 is 0 Å². The largest absolute Gasteiger partial charge is 0.497 e. The molecule has 4 nitrogen and oxygen atoms in total. The van der Waals surface area contributed by atoms with Gasteiger partial charge in [-0.05, 0) is 36.5 Å². The zero-order valence-corrected chi connectivity index (χ0v) is 10.3. The molecular formula is C13H20N2O2. The summed E-state index contributed by atoms with van der Waals surface area (Å²) in [7, 11) is 3.41. The molecule has 0 bridgehead atoms. The van der Waals surface area contributed by atoms with Crippen molar-refractivity contribution < 1.29 is 9.47 Å². The van der Waals surface area contributed by atoms with Crippen molar-refractivity contribution >= 4 is 0 Å². The number of hydrogen-bond acceptors (Lipinski definition) is 4. The van der Waals surface area contributed by atoms with Crippen molar-refractivity contribution in [2.75, 3.05) is 14.2 Å². The lowest BCUT2D eigenvalue weighted by atomic mass is 9.98. The number of rotatable bonds is 6. The summed E-state index contributed by atoms with van der Waals surface area (Å²) >= 11 is 0. The molecular weight excluding hydrogens is 216 g/mol. The Kier molecular flexibility index (Phi) is 3.99. The molecule has 1 fully saturated rings. The summed E-state index contributed by atoms with van der Waals surface area (Å²) in [5.41, 5.74) is 3.96. The molecule has 1 aliphatic rings. The van der Waals surface area contributed by atoms with Crippen LogP contribution in [-0.4, -0.2) is 20.3 Å². The van der Waals surface area contributed by atoms with Gasteiger partial charge in [-0.1, -0.05) is 12.1 Å². The third kappa shape index (κ3) is 2.77. The summed E-state index contributed by atoms with van der Waals surface area (Å²) in [4.78, 5) is 0. The number of hydrogen-bond donors (Lipinski definition) is 2. The Labute approximate surface area is 102 Å². The van der Waals surface area contributed by atoms with E-state index in [9.17, 15) is 0 Å². The van der Waals surface area contributed by atoms with Gasteiger partial charge in [0.05, 0.1) is 19.3 Å². The normalized spacial score (nSPS) is 18.8. The van der Waals surface area contributed by atoms with Gasteiger partial charge in [0.15, 0.2) is 0 Å². The molecule has 0 heterocycles. The summed E-state index contributed by atoms with van der Waals surface area (Å²) in [6, 6.07) is 7.96. The smallest absolute Gasteiger partial charge is 0.119 e. The van der Waals surface area contributed by atoms with Crippen LogP contribution in [0.4, 0.5) is 0 Å². The average Bonchev–Trinajstić information content (AvgIpc) is 3.20. The lowest BCUT2D eigenvalue weighted by Crippen LogP contribution is -2.38. The van der Waals surface area contributed by atoms with Crippen LogP contribution in [0.25, 0.3) is 0 Å². The van der Waals surface area contributed by atoms with E-state index in [1.165, 1.54) is 12.8 Å². The predicted molar refractivity (Wildman–Crippen MR) is 66.6 cm³/mol. The second kappa shape index (κ2) is 5.49. The molecule has 1 aromatic carbocycles. The molecule has 3 N–H and O–H groups in total. The standard InChI is InChI=1S/C13H20N2O2/c1-16-11-5-3-4-10(8-11)12(15-14)13(17-2)9-6-7-9/h3-5,8-9,12-13,15H,6-7,14H2,1-2H3. The third-order valence-corrected chi connectivity index (χ3v) is 3.32. The van der Waals surface area contributed by atoms with Crippen molar-refractivity contribution in [3.8, 4) is 5.75 Å². The molecule has 0 amide bonds. The van der Waals surface area contributed by atoms with Gasteiger partial charge in [-0.25, -0.2) is 0 Å². The number of nitrogens with two attached hydrogens (primary N) is 1. The van der Waals surface area contributed by atoms with Gasteiger partial charge < -0.3 is 9.47 Å². The number of methoxy groups -OCH3 is 2. The molecule has 0 saturated heterocycles. The molecule has 2 rings (SSSR count). The minimum Gasteiger partial charge on any atom is -0.497 e. The van der Waals surface area contributed by atoms with Crippen LogP contribution in [0.5, 0.6) is 5.75 Å². The highest BCUT2D eigenvalue weighted by Gasteiger charge is 2.37. The van der Waals surface area contributed by atoms with E-state index in [0.29, 0.717) is 5.92 Å².